The van der Waals surface area contributed by atoms with Gasteiger partial charge in [-0.2, -0.15) is 5.26 Å². The van der Waals surface area contributed by atoms with Crippen LogP contribution in [0, 0.1) is 11.3 Å². The second-order valence-electron chi connectivity index (χ2n) is 3.15. The van der Waals surface area contributed by atoms with Crippen LogP contribution in [0.5, 0.6) is 0 Å². The molecule has 2 rings (SSSR count). The van der Waals surface area contributed by atoms with Crippen molar-refractivity contribution in [2.24, 2.45) is 0 Å². The van der Waals surface area contributed by atoms with Crippen LogP contribution in [-0.2, 0) is 6.42 Å². The molecule has 0 N–H and O–H groups in total. The maximum Gasteiger partial charge on any atom is 0.123 e. The maximum absolute atomic E-state index is 9.03. The molecule has 2 aromatic rings. The van der Waals surface area contributed by atoms with Gasteiger partial charge in [0.2, 0.25) is 0 Å². The van der Waals surface area contributed by atoms with Crippen molar-refractivity contribution >= 4 is 0 Å². The Labute approximate surface area is 87.8 Å². The number of hydrogen-bond acceptors (Lipinski definition) is 3. The van der Waals surface area contributed by atoms with Crippen molar-refractivity contribution in [2.75, 3.05) is 0 Å². The lowest BCUT2D eigenvalue weighted by Gasteiger charge is -2.09. The smallest absolute Gasteiger partial charge is 0.123 e. The number of para-hydroxylation sites is 1. The highest BCUT2D eigenvalue weighted by molar-refractivity contribution is 5.53. The van der Waals surface area contributed by atoms with Crippen molar-refractivity contribution in [3.8, 4) is 11.8 Å². The molecule has 15 heavy (non-hydrogen) atoms. The standard InChI is InChI=1S/C11H10N4/c1-2-9-4-3-5-10(6-12)11(9)15-7-13-14-8-15/h3-5,7-8H,2H2,1H3. The predicted octanol–water partition coefficient (Wildman–Crippen LogP) is 1.70. The highest BCUT2D eigenvalue weighted by atomic mass is 15.2. The fourth-order valence-corrected chi connectivity index (χ4v) is 1.59. The van der Waals surface area contributed by atoms with Crippen LogP contribution in [-0.4, -0.2) is 14.8 Å². The Balaban J connectivity index is 2.67. The van der Waals surface area contributed by atoms with Gasteiger partial charge in [-0.25, -0.2) is 0 Å². The van der Waals surface area contributed by atoms with Gasteiger partial charge in [0.25, 0.3) is 0 Å². The summed E-state index contributed by atoms with van der Waals surface area (Å²) in [5, 5.41) is 16.5. The van der Waals surface area contributed by atoms with Gasteiger partial charge in [-0.15, -0.1) is 10.2 Å². The third-order valence-electron chi connectivity index (χ3n) is 2.30. The Hall–Kier alpha value is -2.15. The molecule has 0 saturated heterocycles. The topological polar surface area (TPSA) is 54.5 Å². The van der Waals surface area contributed by atoms with Gasteiger partial charge in [-0.05, 0) is 18.1 Å². The second kappa shape index (κ2) is 3.93. The lowest BCUT2D eigenvalue weighted by atomic mass is 10.1. The number of hydrogen-bond donors (Lipinski definition) is 0. The molecule has 0 saturated carbocycles. The molecule has 4 nitrogen and oxygen atoms in total. The summed E-state index contributed by atoms with van der Waals surface area (Å²) in [4.78, 5) is 0. The number of aromatic nitrogens is 3. The molecule has 1 heterocycles. The van der Waals surface area contributed by atoms with E-state index >= 15 is 0 Å². The van der Waals surface area contributed by atoms with Crippen LogP contribution >= 0.6 is 0 Å². The Morgan fingerprint density at radius 2 is 2.07 bits per heavy atom. The SMILES string of the molecule is CCc1cccc(C#N)c1-n1cnnc1. The van der Waals surface area contributed by atoms with E-state index in [2.05, 4.69) is 23.2 Å². The Morgan fingerprint density at radius 1 is 1.33 bits per heavy atom. The average Bonchev–Trinajstić information content (AvgIpc) is 2.81. The van der Waals surface area contributed by atoms with E-state index in [9.17, 15) is 0 Å². The summed E-state index contributed by atoms with van der Waals surface area (Å²) in [6.45, 7) is 2.06. The molecule has 0 bridgehead atoms. The average molecular weight is 198 g/mol. The minimum Gasteiger partial charge on any atom is -0.287 e. The van der Waals surface area contributed by atoms with E-state index in [0.29, 0.717) is 5.56 Å². The summed E-state index contributed by atoms with van der Waals surface area (Å²) in [6.07, 6.45) is 4.09. The summed E-state index contributed by atoms with van der Waals surface area (Å²) in [5.41, 5.74) is 2.65. The van der Waals surface area contributed by atoms with Crippen molar-refractivity contribution in [1.82, 2.24) is 14.8 Å². The number of nitriles is 1. The summed E-state index contributed by atoms with van der Waals surface area (Å²) in [6, 6.07) is 7.89. The van der Waals surface area contributed by atoms with Crippen molar-refractivity contribution in [2.45, 2.75) is 13.3 Å². The first-order valence-corrected chi connectivity index (χ1v) is 4.73. The Morgan fingerprint density at radius 3 is 2.67 bits per heavy atom. The number of aryl methyl sites for hydroxylation is 1. The van der Waals surface area contributed by atoms with Crippen LogP contribution in [0.25, 0.3) is 5.69 Å². The van der Waals surface area contributed by atoms with E-state index in [1.165, 1.54) is 0 Å². The highest BCUT2D eigenvalue weighted by Gasteiger charge is 2.08. The molecule has 4 heteroatoms. The second-order valence-corrected chi connectivity index (χ2v) is 3.15. The third-order valence-corrected chi connectivity index (χ3v) is 2.30. The van der Waals surface area contributed by atoms with Crippen LogP contribution < -0.4 is 0 Å². The van der Waals surface area contributed by atoms with E-state index in [1.54, 1.807) is 23.3 Å². The molecule has 1 aromatic carbocycles. The van der Waals surface area contributed by atoms with Gasteiger partial charge in [-0.3, -0.25) is 4.57 Å². The quantitative estimate of drug-likeness (QED) is 0.738. The summed E-state index contributed by atoms with van der Waals surface area (Å²) in [7, 11) is 0. The van der Waals surface area contributed by atoms with E-state index in [-0.39, 0.29) is 0 Å². The summed E-state index contributed by atoms with van der Waals surface area (Å²) < 4.78 is 1.78. The molecule has 0 aliphatic heterocycles. The first kappa shape index (κ1) is 9.41. The molecule has 0 atom stereocenters. The van der Waals surface area contributed by atoms with Crippen LogP contribution in [0.3, 0.4) is 0 Å². The van der Waals surface area contributed by atoms with Gasteiger partial charge >= 0.3 is 0 Å². The third kappa shape index (κ3) is 1.59. The minimum atomic E-state index is 0.647. The van der Waals surface area contributed by atoms with E-state index in [0.717, 1.165) is 17.7 Å². The van der Waals surface area contributed by atoms with Gasteiger partial charge in [0.15, 0.2) is 0 Å². The van der Waals surface area contributed by atoms with Gasteiger partial charge in [-0.1, -0.05) is 19.1 Å². The fourth-order valence-electron chi connectivity index (χ4n) is 1.59. The Bertz CT molecular complexity index is 494. The molecule has 0 spiro atoms. The maximum atomic E-state index is 9.03. The zero-order valence-corrected chi connectivity index (χ0v) is 8.38. The monoisotopic (exact) mass is 198 g/mol. The molecule has 0 radical (unpaired) electrons. The molecular formula is C11H10N4. The molecule has 1 aromatic heterocycles. The highest BCUT2D eigenvalue weighted by Crippen LogP contribution is 2.19. The van der Waals surface area contributed by atoms with E-state index < -0.39 is 0 Å². The molecule has 0 amide bonds. The van der Waals surface area contributed by atoms with Crippen molar-refractivity contribution < 1.29 is 0 Å². The molecular weight excluding hydrogens is 188 g/mol. The van der Waals surface area contributed by atoms with Gasteiger partial charge < -0.3 is 0 Å². The lowest BCUT2D eigenvalue weighted by molar-refractivity contribution is 0.996. The largest absolute Gasteiger partial charge is 0.287 e. The van der Waals surface area contributed by atoms with E-state index in [4.69, 9.17) is 5.26 Å². The van der Waals surface area contributed by atoms with Crippen LogP contribution in [0.2, 0.25) is 0 Å². The fraction of sp³-hybridized carbons (Fsp3) is 0.182. The van der Waals surface area contributed by atoms with Gasteiger partial charge in [0.1, 0.15) is 18.7 Å². The van der Waals surface area contributed by atoms with Gasteiger partial charge in [0, 0.05) is 0 Å². The van der Waals surface area contributed by atoms with Gasteiger partial charge in [0.05, 0.1) is 11.3 Å². The minimum absolute atomic E-state index is 0.647. The first-order valence-electron chi connectivity index (χ1n) is 4.73. The number of rotatable bonds is 2. The molecule has 0 aliphatic rings. The molecule has 74 valence electrons. The molecule has 0 fully saturated rings. The van der Waals surface area contributed by atoms with Crippen LogP contribution in [0.1, 0.15) is 18.1 Å². The zero-order chi connectivity index (χ0) is 10.7. The van der Waals surface area contributed by atoms with Crippen LogP contribution in [0.15, 0.2) is 30.9 Å². The predicted molar refractivity (Wildman–Crippen MR) is 55.5 cm³/mol. The summed E-state index contributed by atoms with van der Waals surface area (Å²) in [5.74, 6) is 0. The zero-order valence-electron chi connectivity index (χ0n) is 8.38. The number of benzene rings is 1. The van der Waals surface area contributed by atoms with Crippen molar-refractivity contribution in [1.29, 1.82) is 5.26 Å². The van der Waals surface area contributed by atoms with Crippen LogP contribution in [0.4, 0.5) is 0 Å². The van der Waals surface area contributed by atoms with E-state index in [1.807, 2.05) is 12.1 Å². The normalized spacial score (nSPS) is 9.87. The molecule has 0 aliphatic carbocycles. The van der Waals surface area contributed by atoms with Crippen molar-refractivity contribution in [3.05, 3.63) is 42.0 Å². The Kier molecular flexibility index (Phi) is 2.46. The van der Waals surface area contributed by atoms with Crippen molar-refractivity contribution in [3.63, 3.8) is 0 Å². The molecule has 0 unspecified atom stereocenters. The number of nitrogens with zero attached hydrogens (tertiary/aromatic N) is 4. The summed E-state index contributed by atoms with van der Waals surface area (Å²) >= 11 is 0. The first-order chi connectivity index (χ1) is 7.36. The lowest BCUT2D eigenvalue weighted by Crippen LogP contribution is -1.99.